The molecular formula is C11H16N2. The number of hydrogen-bond donors (Lipinski definition) is 0. The fraction of sp³-hybridized carbons (Fsp3) is 0.273. The van der Waals surface area contributed by atoms with Crippen LogP contribution in [0, 0.1) is 0 Å². The first-order chi connectivity index (χ1) is 6.20. The summed E-state index contributed by atoms with van der Waals surface area (Å²) >= 11 is 0. The second-order valence-electron chi connectivity index (χ2n) is 2.56. The van der Waals surface area contributed by atoms with Gasteiger partial charge in [-0.15, -0.1) is 0 Å². The molecule has 0 aromatic rings. The monoisotopic (exact) mass is 176 g/mol. The molecule has 0 atom stereocenters. The maximum Gasteiger partial charge on any atom is 0.0596 e. The molecule has 0 bridgehead atoms. The fourth-order valence-electron chi connectivity index (χ4n) is 0.726. The van der Waals surface area contributed by atoms with Crippen molar-refractivity contribution >= 4 is 11.9 Å². The van der Waals surface area contributed by atoms with Crippen molar-refractivity contribution in [2.45, 2.75) is 20.8 Å². The van der Waals surface area contributed by atoms with Crippen molar-refractivity contribution in [1.29, 1.82) is 0 Å². The third kappa shape index (κ3) is 6.94. The van der Waals surface area contributed by atoms with Crippen LogP contribution in [0.15, 0.2) is 46.7 Å². The molecule has 0 radical (unpaired) electrons. The molecule has 0 amide bonds. The minimum absolute atomic E-state index is 0.847. The van der Waals surface area contributed by atoms with Gasteiger partial charge in [-0.05, 0) is 32.4 Å². The van der Waals surface area contributed by atoms with E-state index in [4.69, 9.17) is 0 Å². The topological polar surface area (TPSA) is 24.7 Å². The maximum atomic E-state index is 3.94. The van der Waals surface area contributed by atoms with Crippen molar-refractivity contribution in [2.24, 2.45) is 10.2 Å². The molecule has 0 aromatic heterocycles. The lowest BCUT2D eigenvalue weighted by atomic mass is 10.3. The Labute approximate surface area is 80.1 Å². The van der Waals surface area contributed by atoms with Gasteiger partial charge in [-0.1, -0.05) is 24.8 Å². The molecule has 2 nitrogen and oxygen atoms in total. The first kappa shape index (κ1) is 11.6. The van der Waals surface area contributed by atoms with Crippen LogP contribution < -0.4 is 0 Å². The van der Waals surface area contributed by atoms with E-state index in [1.807, 2.05) is 45.1 Å². The van der Waals surface area contributed by atoms with Crippen molar-refractivity contribution in [2.75, 3.05) is 0 Å². The molecule has 13 heavy (non-hydrogen) atoms. The average Bonchev–Trinajstić information content (AvgIpc) is 2.05. The number of allylic oxidation sites excluding steroid dienone is 5. The molecule has 0 rings (SSSR count). The van der Waals surface area contributed by atoms with Gasteiger partial charge in [-0.3, -0.25) is 0 Å². The molecule has 0 aromatic carbocycles. The normalized spacial score (nSPS) is 13.6. The van der Waals surface area contributed by atoms with Crippen LogP contribution in [-0.4, -0.2) is 11.9 Å². The van der Waals surface area contributed by atoms with E-state index in [1.165, 1.54) is 0 Å². The van der Waals surface area contributed by atoms with Crippen molar-refractivity contribution in [3.63, 3.8) is 0 Å². The zero-order valence-electron chi connectivity index (χ0n) is 8.49. The lowest BCUT2D eigenvalue weighted by Crippen LogP contribution is -1.82. The largest absolute Gasteiger partial charge is 0.158 e. The Morgan fingerprint density at radius 2 is 1.77 bits per heavy atom. The summed E-state index contributed by atoms with van der Waals surface area (Å²) in [6.45, 7) is 9.55. The summed E-state index contributed by atoms with van der Waals surface area (Å²) in [6.07, 6.45) is 9.25. The van der Waals surface area contributed by atoms with Crippen LogP contribution in [0.1, 0.15) is 20.8 Å². The molecule has 70 valence electrons. The Kier molecular flexibility index (Phi) is 6.42. The summed E-state index contributed by atoms with van der Waals surface area (Å²) in [5.41, 5.74) is 1.73. The van der Waals surface area contributed by atoms with Crippen LogP contribution in [0.5, 0.6) is 0 Å². The molecule has 0 heterocycles. The summed E-state index contributed by atoms with van der Waals surface area (Å²) in [4.78, 5) is 0. The molecule has 0 N–H and O–H groups in total. The van der Waals surface area contributed by atoms with Crippen molar-refractivity contribution in [3.05, 3.63) is 36.5 Å². The zero-order chi connectivity index (χ0) is 10.1. The minimum Gasteiger partial charge on any atom is -0.158 e. The van der Waals surface area contributed by atoms with Gasteiger partial charge >= 0.3 is 0 Å². The molecule has 0 fully saturated rings. The van der Waals surface area contributed by atoms with Gasteiger partial charge in [-0.25, -0.2) is 0 Å². The molecule has 2 heteroatoms. The number of hydrogen-bond acceptors (Lipinski definition) is 2. The highest BCUT2D eigenvalue weighted by molar-refractivity contribution is 5.93. The van der Waals surface area contributed by atoms with E-state index in [-0.39, 0.29) is 0 Å². The van der Waals surface area contributed by atoms with E-state index in [0.717, 1.165) is 11.3 Å². The summed E-state index contributed by atoms with van der Waals surface area (Å²) in [5, 5.41) is 7.81. The van der Waals surface area contributed by atoms with Crippen LogP contribution in [0.25, 0.3) is 0 Å². The van der Waals surface area contributed by atoms with Gasteiger partial charge in [0.2, 0.25) is 0 Å². The SMILES string of the molecule is C=C(C=CC)\C=N/N=C(C)\C=C/C. The van der Waals surface area contributed by atoms with E-state index >= 15 is 0 Å². The van der Waals surface area contributed by atoms with Gasteiger partial charge in [0.15, 0.2) is 0 Å². The van der Waals surface area contributed by atoms with Crippen LogP contribution in [-0.2, 0) is 0 Å². The quantitative estimate of drug-likeness (QED) is 0.357. The van der Waals surface area contributed by atoms with Crippen molar-refractivity contribution < 1.29 is 0 Å². The Morgan fingerprint density at radius 1 is 1.15 bits per heavy atom. The lowest BCUT2D eigenvalue weighted by molar-refractivity contribution is 1.25. The van der Waals surface area contributed by atoms with Gasteiger partial charge in [0.1, 0.15) is 0 Å². The molecule has 0 aliphatic rings. The van der Waals surface area contributed by atoms with Gasteiger partial charge in [-0.2, -0.15) is 10.2 Å². The third-order valence-corrected chi connectivity index (χ3v) is 1.23. The second-order valence-corrected chi connectivity index (χ2v) is 2.56. The highest BCUT2D eigenvalue weighted by Crippen LogP contribution is 1.89. The highest BCUT2D eigenvalue weighted by atomic mass is 15.2. The first-order valence-electron chi connectivity index (χ1n) is 4.22. The molecule has 0 unspecified atom stereocenters. The average molecular weight is 176 g/mol. The van der Waals surface area contributed by atoms with E-state index in [2.05, 4.69) is 16.8 Å². The second kappa shape index (κ2) is 7.22. The highest BCUT2D eigenvalue weighted by Gasteiger charge is 1.80. The van der Waals surface area contributed by atoms with Gasteiger partial charge in [0.05, 0.1) is 11.9 Å². The van der Waals surface area contributed by atoms with Gasteiger partial charge in [0.25, 0.3) is 0 Å². The summed E-state index contributed by atoms with van der Waals surface area (Å²) < 4.78 is 0. The van der Waals surface area contributed by atoms with E-state index in [0.29, 0.717) is 0 Å². The lowest BCUT2D eigenvalue weighted by Gasteiger charge is -1.86. The predicted octanol–water partition coefficient (Wildman–Crippen LogP) is 3.14. The molecule has 0 spiro atoms. The van der Waals surface area contributed by atoms with Crippen LogP contribution in [0.4, 0.5) is 0 Å². The molecular weight excluding hydrogens is 160 g/mol. The third-order valence-electron chi connectivity index (χ3n) is 1.23. The molecule has 0 saturated carbocycles. The van der Waals surface area contributed by atoms with Crippen molar-refractivity contribution in [1.82, 2.24) is 0 Å². The molecule has 0 aliphatic carbocycles. The van der Waals surface area contributed by atoms with Crippen LogP contribution in [0.3, 0.4) is 0 Å². The maximum absolute atomic E-state index is 3.94. The van der Waals surface area contributed by atoms with E-state index in [1.54, 1.807) is 6.21 Å². The zero-order valence-corrected chi connectivity index (χ0v) is 8.49. The standard InChI is InChI=1S/C11H16N2/c1-5-7-10(3)9-12-13-11(4)8-6-2/h5-9H,3H2,1-2,4H3/b7-5?,8-6-,12-9-,13-11-. The summed E-state index contributed by atoms with van der Waals surface area (Å²) in [5.74, 6) is 0. The summed E-state index contributed by atoms with van der Waals surface area (Å²) in [6, 6.07) is 0. The number of nitrogens with zero attached hydrogens (tertiary/aromatic N) is 2. The van der Waals surface area contributed by atoms with Crippen molar-refractivity contribution in [3.8, 4) is 0 Å². The summed E-state index contributed by atoms with van der Waals surface area (Å²) in [7, 11) is 0. The van der Waals surface area contributed by atoms with E-state index in [9.17, 15) is 0 Å². The van der Waals surface area contributed by atoms with Gasteiger partial charge < -0.3 is 0 Å². The van der Waals surface area contributed by atoms with E-state index < -0.39 is 0 Å². The molecule has 0 aliphatic heterocycles. The fourth-order valence-corrected chi connectivity index (χ4v) is 0.726. The smallest absolute Gasteiger partial charge is 0.0596 e. The Morgan fingerprint density at radius 3 is 2.31 bits per heavy atom. The van der Waals surface area contributed by atoms with Crippen LogP contribution in [0.2, 0.25) is 0 Å². The Bertz CT molecular complexity index is 268. The first-order valence-corrected chi connectivity index (χ1v) is 4.22. The minimum atomic E-state index is 0.847. The molecule has 0 saturated heterocycles. The predicted molar refractivity (Wildman–Crippen MR) is 60.4 cm³/mol. The number of rotatable bonds is 4. The van der Waals surface area contributed by atoms with Crippen LogP contribution >= 0.6 is 0 Å². The van der Waals surface area contributed by atoms with Gasteiger partial charge in [0, 0.05) is 0 Å². The Balaban J connectivity index is 4.14. The Hall–Kier alpha value is -1.44.